The van der Waals surface area contributed by atoms with E-state index in [4.69, 9.17) is 0 Å². The molecule has 2 rings (SSSR count). The lowest BCUT2D eigenvalue weighted by atomic mass is 10.1. The number of rotatable bonds is 5. The summed E-state index contributed by atoms with van der Waals surface area (Å²) in [5, 5.41) is 6.29. The molecular formula is C14H16BrFN4. The molecule has 0 saturated heterocycles. The summed E-state index contributed by atoms with van der Waals surface area (Å²) in [7, 11) is 1.83. The third-order valence-corrected chi connectivity index (χ3v) is 3.52. The molecule has 0 amide bonds. The third kappa shape index (κ3) is 3.25. The minimum atomic E-state index is -0.283. The van der Waals surface area contributed by atoms with Gasteiger partial charge in [0.25, 0.3) is 0 Å². The summed E-state index contributed by atoms with van der Waals surface area (Å²) >= 11 is 3.34. The van der Waals surface area contributed by atoms with Crippen molar-refractivity contribution in [1.29, 1.82) is 0 Å². The van der Waals surface area contributed by atoms with Crippen LogP contribution in [0.15, 0.2) is 29.0 Å². The molecule has 0 aliphatic rings. The van der Waals surface area contributed by atoms with Crippen LogP contribution in [0.3, 0.4) is 0 Å². The van der Waals surface area contributed by atoms with E-state index in [1.807, 2.05) is 7.05 Å². The predicted octanol–water partition coefficient (Wildman–Crippen LogP) is 4.12. The lowest BCUT2D eigenvalue weighted by Gasteiger charge is -2.14. The largest absolute Gasteiger partial charge is 0.373 e. The number of nitrogens with one attached hydrogen (secondary N) is 2. The van der Waals surface area contributed by atoms with Crippen LogP contribution in [-0.4, -0.2) is 17.0 Å². The molecule has 20 heavy (non-hydrogen) atoms. The number of halogens is 2. The summed E-state index contributed by atoms with van der Waals surface area (Å²) in [6, 6.07) is 4.51. The average molecular weight is 339 g/mol. The fourth-order valence-corrected chi connectivity index (χ4v) is 2.39. The first-order chi connectivity index (χ1) is 9.65. The van der Waals surface area contributed by atoms with E-state index in [0.717, 1.165) is 35.7 Å². The van der Waals surface area contributed by atoms with Gasteiger partial charge >= 0.3 is 0 Å². The second-order valence-corrected chi connectivity index (χ2v) is 5.15. The van der Waals surface area contributed by atoms with Crippen LogP contribution in [0.4, 0.5) is 21.7 Å². The maximum atomic E-state index is 13.1. The van der Waals surface area contributed by atoms with E-state index in [0.29, 0.717) is 4.47 Å². The number of hydrogen-bond acceptors (Lipinski definition) is 4. The number of hydrogen-bond donors (Lipinski definition) is 2. The monoisotopic (exact) mass is 338 g/mol. The van der Waals surface area contributed by atoms with Gasteiger partial charge in [-0.25, -0.2) is 14.4 Å². The van der Waals surface area contributed by atoms with Gasteiger partial charge in [0.1, 0.15) is 23.8 Å². The summed E-state index contributed by atoms with van der Waals surface area (Å²) in [6.07, 6.45) is 3.35. The highest BCUT2D eigenvalue weighted by Gasteiger charge is 2.11. The van der Waals surface area contributed by atoms with Gasteiger partial charge in [-0.3, -0.25) is 0 Å². The molecule has 1 heterocycles. The van der Waals surface area contributed by atoms with Crippen molar-refractivity contribution in [3.8, 4) is 0 Å². The zero-order valence-corrected chi connectivity index (χ0v) is 13.0. The Bertz CT molecular complexity index is 604. The molecule has 0 aliphatic carbocycles. The minimum Gasteiger partial charge on any atom is -0.373 e. The molecule has 106 valence electrons. The molecule has 1 aromatic heterocycles. The normalized spacial score (nSPS) is 10.4. The first-order valence-corrected chi connectivity index (χ1v) is 7.18. The quantitative estimate of drug-likeness (QED) is 0.861. The van der Waals surface area contributed by atoms with E-state index >= 15 is 0 Å². The van der Waals surface area contributed by atoms with Gasteiger partial charge in [-0.05, 0) is 40.5 Å². The van der Waals surface area contributed by atoms with Crippen molar-refractivity contribution in [2.75, 3.05) is 17.7 Å². The Morgan fingerprint density at radius 1 is 1.25 bits per heavy atom. The van der Waals surface area contributed by atoms with Gasteiger partial charge in [0.15, 0.2) is 0 Å². The van der Waals surface area contributed by atoms with Gasteiger partial charge in [0, 0.05) is 17.1 Å². The fraction of sp³-hybridized carbons (Fsp3) is 0.286. The first kappa shape index (κ1) is 14.7. The van der Waals surface area contributed by atoms with Crippen molar-refractivity contribution < 1.29 is 4.39 Å². The number of benzene rings is 1. The second-order valence-electron chi connectivity index (χ2n) is 4.30. The Morgan fingerprint density at radius 2 is 2.00 bits per heavy atom. The Hall–Kier alpha value is -1.69. The van der Waals surface area contributed by atoms with E-state index in [2.05, 4.69) is 43.5 Å². The highest BCUT2D eigenvalue weighted by Crippen LogP contribution is 2.29. The molecule has 0 atom stereocenters. The van der Waals surface area contributed by atoms with Gasteiger partial charge in [-0.15, -0.1) is 0 Å². The van der Waals surface area contributed by atoms with Crippen molar-refractivity contribution >= 4 is 33.3 Å². The molecule has 0 fully saturated rings. The van der Waals surface area contributed by atoms with Gasteiger partial charge in [-0.1, -0.05) is 13.3 Å². The van der Waals surface area contributed by atoms with Crippen LogP contribution in [0.5, 0.6) is 0 Å². The van der Waals surface area contributed by atoms with Crippen LogP contribution in [0.1, 0.15) is 18.9 Å². The van der Waals surface area contributed by atoms with Crippen LogP contribution >= 0.6 is 15.9 Å². The maximum absolute atomic E-state index is 13.1. The van der Waals surface area contributed by atoms with Gasteiger partial charge in [-0.2, -0.15) is 0 Å². The molecule has 0 bridgehead atoms. The van der Waals surface area contributed by atoms with Crippen molar-refractivity contribution in [3.05, 3.63) is 40.4 Å². The highest BCUT2D eigenvalue weighted by atomic mass is 79.9. The Balaban J connectivity index is 2.37. The van der Waals surface area contributed by atoms with E-state index in [1.165, 1.54) is 18.5 Å². The topological polar surface area (TPSA) is 49.8 Å². The van der Waals surface area contributed by atoms with Crippen LogP contribution in [-0.2, 0) is 6.42 Å². The van der Waals surface area contributed by atoms with Crippen molar-refractivity contribution in [3.63, 3.8) is 0 Å². The Kier molecular flexibility index (Phi) is 4.89. The Labute approximate surface area is 126 Å². The second kappa shape index (κ2) is 6.65. The molecule has 2 N–H and O–H groups in total. The maximum Gasteiger partial charge on any atom is 0.139 e. The summed E-state index contributed by atoms with van der Waals surface area (Å²) in [6.45, 7) is 2.10. The Morgan fingerprint density at radius 3 is 2.65 bits per heavy atom. The van der Waals surface area contributed by atoms with E-state index in [1.54, 1.807) is 6.07 Å². The van der Waals surface area contributed by atoms with Crippen molar-refractivity contribution in [2.24, 2.45) is 0 Å². The zero-order chi connectivity index (χ0) is 14.5. The highest BCUT2D eigenvalue weighted by molar-refractivity contribution is 9.10. The molecule has 0 radical (unpaired) electrons. The van der Waals surface area contributed by atoms with Gasteiger partial charge in [0.2, 0.25) is 0 Å². The van der Waals surface area contributed by atoms with Crippen LogP contribution in [0, 0.1) is 5.82 Å². The number of nitrogens with zero attached hydrogens (tertiary/aromatic N) is 2. The van der Waals surface area contributed by atoms with E-state index < -0.39 is 0 Å². The number of anilines is 3. The molecule has 4 nitrogen and oxygen atoms in total. The summed E-state index contributed by atoms with van der Waals surface area (Å²) in [5.41, 5.74) is 1.79. The average Bonchev–Trinajstić information content (AvgIpc) is 2.43. The summed E-state index contributed by atoms with van der Waals surface area (Å²) < 4.78 is 13.8. The third-order valence-electron chi connectivity index (χ3n) is 2.87. The zero-order valence-electron chi connectivity index (χ0n) is 11.4. The van der Waals surface area contributed by atoms with Crippen molar-refractivity contribution in [2.45, 2.75) is 19.8 Å². The van der Waals surface area contributed by atoms with E-state index in [-0.39, 0.29) is 5.82 Å². The summed E-state index contributed by atoms with van der Waals surface area (Å²) in [5.74, 6) is 1.26. The molecule has 6 heteroatoms. The predicted molar refractivity (Wildman–Crippen MR) is 83.0 cm³/mol. The van der Waals surface area contributed by atoms with Gasteiger partial charge < -0.3 is 10.6 Å². The first-order valence-electron chi connectivity index (χ1n) is 6.39. The smallest absolute Gasteiger partial charge is 0.139 e. The molecule has 0 spiro atoms. The van der Waals surface area contributed by atoms with Crippen LogP contribution in [0.2, 0.25) is 0 Å². The summed E-state index contributed by atoms with van der Waals surface area (Å²) in [4.78, 5) is 8.51. The van der Waals surface area contributed by atoms with Crippen LogP contribution < -0.4 is 10.6 Å². The van der Waals surface area contributed by atoms with Gasteiger partial charge in [0.05, 0.1) is 5.69 Å². The SMILES string of the molecule is CCCc1c(NC)ncnc1Nc1ccc(F)cc1Br. The lowest BCUT2D eigenvalue weighted by molar-refractivity contribution is 0.627. The molecule has 2 aromatic rings. The minimum absolute atomic E-state index is 0.283. The molecule has 1 aromatic carbocycles. The molecule has 0 saturated carbocycles. The lowest BCUT2D eigenvalue weighted by Crippen LogP contribution is -2.05. The fourth-order valence-electron chi connectivity index (χ4n) is 1.94. The van der Waals surface area contributed by atoms with E-state index in [9.17, 15) is 4.39 Å². The standard InChI is InChI=1S/C14H16BrFN4/c1-3-4-10-13(17-2)18-8-19-14(10)20-12-6-5-9(16)7-11(12)15/h5-8H,3-4H2,1-2H3,(H2,17,18,19,20). The number of aromatic nitrogens is 2. The molecule has 0 aliphatic heterocycles. The van der Waals surface area contributed by atoms with Crippen molar-refractivity contribution in [1.82, 2.24) is 9.97 Å². The van der Waals surface area contributed by atoms with Crippen LogP contribution in [0.25, 0.3) is 0 Å². The molecular weight excluding hydrogens is 323 g/mol. The molecule has 0 unspecified atom stereocenters.